The highest BCUT2D eigenvalue weighted by Gasteiger charge is 2.02. The molecule has 0 aliphatic rings. The number of pyridine rings is 1. The lowest BCUT2D eigenvalue weighted by Crippen LogP contribution is -2.05. The van der Waals surface area contributed by atoms with E-state index in [4.69, 9.17) is 4.74 Å². The normalized spacial score (nSPS) is 10.6. The van der Waals surface area contributed by atoms with Crippen molar-refractivity contribution in [3.63, 3.8) is 0 Å². The maximum Gasteiger partial charge on any atom is 0.207 e. The summed E-state index contributed by atoms with van der Waals surface area (Å²) in [4.78, 5) is 8.54. The van der Waals surface area contributed by atoms with Gasteiger partial charge in [0.15, 0.2) is 0 Å². The van der Waals surface area contributed by atoms with Crippen molar-refractivity contribution in [2.75, 3.05) is 19.0 Å². The van der Waals surface area contributed by atoms with Gasteiger partial charge in [0.1, 0.15) is 0 Å². The molecule has 2 rings (SSSR count). The summed E-state index contributed by atoms with van der Waals surface area (Å²) in [7, 11) is 1.71. The van der Waals surface area contributed by atoms with Crippen LogP contribution in [0.4, 0.5) is 11.6 Å². The molecule has 0 aromatic carbocycles. The molecular formula is C13H18N4O. The highest BCUT2D eigenvalue weighted by Crippen LogP contribution is 2.14. The summed E-state index contributed by atoms with van der Waals surface area (Å²) in [6.07, 6.45) is 6.52. The molecular weight excluding hydrogens is 228 g/mol. The number of nitrogens with one attached hydrogen (secondary N) is 1. The van der Waals surface area contributed by atoms with Crippen LogP contribution in [0.15, 0.2) is 30.7 Å². The van der Waals surface area contributed by atoms with Gasteiger partial charge in [0.2, 0.25) is 5.95 Å². The summed E-state index contributed by atoms with van der Waals surface area (Å²) in [5, 5.41) is 3.26. The number of aromatic nitrogens is 3. The van der Waals surface area contributed by atoms with Crippen LogP contribution in [0.2, 0.25) is 0 Å². The smallest absolute Gasteiger partial charge is 0.207 e. The van der Waals surface area contributed by atoms with Crippen LogP contribution >= 0.6 is 0 Å². The average molecular weight is 246 g/mol. The van der Waals surface area contributed by atoms with Gasteiger partial charge >= 0.3 is 0 Å². The minimum absolute atomic E-state index is 0.754. The minimum Gasteiger partial charge on any atom is -0.385 e. The van der Waals surface area contributed by atoms with Crippen LogP contribution in [-0.4, -0.2) is 28.3 Å². The summed E-state index contributed by atoms with van der Waals surface area (Å²) in [6.45, 7) is 3.61. The molecule has 0 amide bonds. The first-order valence-corrected chi connectivity index (χ1v) is 5.99. The number of rotatable bonds is 6. The van der Waals surface area contributed by atoms with E-state index in [2.05, 4.69) is 19.9 Å². The lowest BCUT2D eigenvalue weighted by Gasteiger charge is -2.09. The first kappa shape index (κ1) is 12.6. The van der Waals surface area contributed by atoms with Gasteiger partial charge in [0, 0.05) is 38.3 Å². The summed E-state index contributed by atoms with van der Waals surface area (Å²) >= 11 is 0. The number of anilines is 2. The quantitative estimate of drug-likeness (QED) is 0.795. The zero-order valence-electron chi connectivity index (χ0n) is 10.8. The molecule has 5 heteroatoms. The van der Waals surface area contributed by atoms with Crippen LogP contribution in [0.25, 0.3) is 0 Å². The van der Waals surface area contributed by atoms with Crippen LogP contribution in [0, 0.1) is 6.92 Å². The van der Waals surface area contributed by atoms with Gasteiger partial charge in [-0.25, -0.2) is 4.98 Å². The molecule has 0 spiro atoms. The second-order valence-corrected chi connectivity index (χ2v) is 4.10. The standard InChI is InChI=1S/C13H18N4O/c1-11-4-5-12(10-15-11)16-13-14-6-8-17(13)7-3-9-18-2/h4-6,8,10H,3,7,9H2,1-2H3,(H,14,16). The van der Waals surface area contributed by atoms with Crippen LogP contribution < -0.4 is 5.32 Å². The van der Waals surface area contributed by atoms with Crippen molar-refractivity contribution in [1.29, 1.82) is 0 Å². The van der Waals surface area contributed by atoms with E-state index in [9.17, 15) is 0 Å². The Balaban J connectivity index is 2.00. The Kier molecular flexibility index (Phi) is 4.30. The molecule has 0 saturated heterocycles. The monoisotopic (exact) mass is 246 g/mol. The number of nitrogens with zero attached hydrogens (tertiary/aromatic N) is 3. The number of aryl methyl sites for hydroxylation is 2. The van der Waals surface area contributed by atoms with Gasteiger partial charge in [-0.3, -0.25) is 4.98 Å². The number of hydrogen-bond acceptors (Lipinski definition) is 4. The Labute approximate surface area is 107 Å². The van der Waals surface area contributed by atoms with Crippen LogP contribution in [0.5, 0.6) is 0 Å². The molecule has 5 nitrogen and oxygen atoms in total. The fourth-order valence-electron chi connectivity index (χ4n) is 1.66. The van der Waals surface area contributed by atoms with E-state index in [1.807, 2.05) is 31.5 Å². The molecule has 0 aliphatic heterocycles. The molecule has 18 heavy (non-hydrogen) atoms. The molecule has 0 atom stereocenters. The zero-order valence-corrected chi connectivity index (χ0v) is 10.8. The molecule has 2 heterocycles. The predicted molar refractivity (Wildman–Crippen MR) is 71.0 cm³/mol. The molecule has 0 radical (unpaired) electrons. The Morgan fingerprint density at radius 3 is 2.94 bits per heavy atom. The van der Waals surface area contributed by atoms with E-state index in [-0.39, 0.29) is 0 Å². The van der Waals surface area contributed by atoms with Crippen molar-refractivity contribution in [3.8, 4) is 0 Å². The Morgan fingerprint density at radius 1 is 1.33 bits per heavy atom. The van der Waals surface area contributed by atoms with Gasteiger partial charge in [0.25, 0.3) is 0 Å². The third kappa shape index (κ3) is 3.30. The van der Waals surface area contributed by atoms with Gasteiger partial charge in [-0.05, 0) is 25.5 Å². The number of hydrogen-bond donors (Lipinski definition) is 1. The fourth-order valence-corrected chi connectivity index (χ4v) is 1.66. The minimum atomic E-state index is 0.754. The highest BCUT2D eigenvalue weighted by atomic mass is 16.5. The number of ether oxygens (including phenoxy) is 1. The Morgan fingerprint density at radius 2 is 2.22 bits per heavy atom. The van der Waals surface area contributed by atoms with Gasteiger partial charge in [-0.15, -0.1) is 0 Å². The van der Waals surface area contributed by atoms with E-state index in [1.54, 1.807) is 13.3 Å². The number of methoxy groups -OCH3 is 1. The van der Waals surface area contributed by atoms with Gasteiger partial charge < -0.3 is 14.6 Å². The highest BCUT2D eigenvalue weighted by molar-refractivity contribution is 5.52. The Hall–Kier alpha value is -1.88. The molecule has 0 fully saturated rings. The summed E-state index contributed by atoms with van der Waals surface area (Å²) in [5.74, 6) is 0.830. The van der Waals surface area contributed by atoms with Crippen LogP contribution in [0.3, 0.4) is 0 Å². The van der Waals surface area contributed by atoms with Crippen molar-refractivity contribution >= 4 is 11.6 Å². The van der Waals surface area contributed by atoms with Crippen molar-refractivity contribution in [1.82, 2.24) is 14.5 Å². The predicted octanol–water partition coefficient (Wildman–Crippen LogP) is 2.37. The Bertz CT molecular complexity index is 478. The SMILES string of the molecule is COCCCn1ccnc1Nc1ccc(C)nc1. The van der Waals surface area contributed by atoms with Crippen molar-refractivity contribution in [2.24, 2.45) is 0 Å². The molecule has 0 bridgehead atoms. The lowest BCUT2D eigenvalue weighted by atomic mass is 10.3. The van der Waals surface area contributed by atoms with Gasteiger partial charge in [-0.1, -0.05) is 0 Å². The van der Waals surface area contributed by atoms with Crippen molar-refractivity contribution < 1.29 is 4.74 Å². The summed E-state index contributed by atoms with van der Waals surface area (Å²) in [5.41, 5.74) is 1.95. The molecule has 1 N–H and O–H groups in total. The first-order chi connectivity index (χ1) is 8.79. The second kappa shape index (κ2) is 6.16. The molecule has 96 valence electrons. The second-order valence-electron chi connectivity index (χ2n) is 4.10. The molecule has 0 aliphatic carbocycles. The van der Waals surface area contributed by atoms with E-state index >= 15 is 0 Å². The maximum absolute atomic E-state index is 5.05. The molecule has 0 saturated carbocycles. The molecule has 2 aromatic heterocycles. The molecule has 2 aromatic rings. The van der Waals surface area contributed by atoms with Gasteiger partial charge in [0.05, 0.1) is 11.9 Å². The average Bonchev–Trinajstić information content (AvgIpc) is 2.80. The maximum atomic E-state index is 5.05. The lowest BCUT2D eigenvalue weighted by molar-refractivity contribution is 0.190. The third-order valence-electron chi connectivity index (χ3n) is 2.63. The fraction of sp³-hybridized carbons (Fsp3) is 0.385. The first-order valence-electron chi connectivity index (χ1n) is 5.99. The van der Waals surface area contributed by atoms with Gasteiger partial charge in [-0.2, -0.15) is 0 Å². The summed E-state index contributed by atoms with van der Waals surface area (Å²) in [6, 6.07) is 3.97. The van der Waals surface area contributed by atoms with E-state index in [1.165, 1.54) is 0 Å². The van der Waals surface area contributed by atoms with Crippen LogP contribution in [0.1, 0.15) is 12.1 Å². The largest absolute Gasteiger partial charge is 0.385 e. The molecule has 0 unspecified atom stereocenters. The number of imidazole rings is 1. The third-order valence-corrected chi connectivity index (χ3v) is 2.63. The van der Waals surface area contributed by atoms with E-state index < -0.39 is 0 Å². The van der Waals surface area contributed by atoms with E-state index in [0.29, 0.717) is 0 Å². The summed E-state index contributed by atoms with van der Waals surface area (Å²) < 4.78 is 7.12. The van der Waals surface area contributed by atoms with Crippen LogP contribution in [-0.2, 0) is 11.3 Å². The van der Waals surface area contributed by atoms with Crippen molar-refractivity contribution in [3.05, 3.63) is 36.4 Å². The van der Waals surface area contributed by atoms with Crippen molar-refractivity contribution in [2.45, 2.75) is 19.9 Å². The zero-order chi connectivity index (χ0) is 12.8. The topological polar surface area (TPSA) is 52.0 Å². The van der Waals surface area contributed by atoms with E-state index in [0.717, 1.165) is 36.9 Å².